The monoisotopic (exact) mass is 898 g/mol. The van der Waals surface area contributed by atoms with E-state index in [1.165, 1.54) is 89.9 Å². The number of hydrogen-bond acceptors (Lipinski definition) is 11. The molecular weight excluding hydrogens is 799 g/mol. The van der Waals surface area contributed by atoms with Crippen molar-refractivity contribution in [3.05, 3.63) is 0 Å². The van der Waals surface area contributed by atoms with Gasteiger partial charge in [0.15, 0.2) is 0 Å². The van der Waals surface area contributed by atoms with Crippen molar-refractivity contribution >= 4 is 23.9 Å². The highest BCUT2D eigenvalue weighted by Crippen LogP contribution is 2.22. The summed E-state index contributed by atoms with van der Waals surface area (Å²) in [5.41, 5.74) is 0. The van der Waals surface area contributed by atoms with Gasteiger partial charge in [-0.15, -0.1) is 0 Å². The van der Waals surface area contributed by atoms with Crippen molar-refractivity contribution in [3.8, 4) is 0 Å². The number of unbranched alkanes of at least 4 members (excludes halogenated alkanes) is 20. The molecule has 0 saturated heterocycles. The fourth-order valence-corrected chi connectivity index (χ4v) is 7.87. The average Bonchev–Trinajstić information content (AvgIpc) is 3.27. The zero-order valence-electron chi connectivity index (χ0n) is 41.6. The maximum Gasteiger partial charge on any atom is 0.308 e. The van der Waals surface area contributed by atoms with Gasteiger partial charge in [0.25, 0.3) is 0 Å². The van der Waals surface area contributed by atoms with Crippen LogP contribution in [0.3, 0.4) is 0 Å². The van der Waals surface area contributed by atoms with E-state index in [-0.39, 0.29) is 68.4 Å². The molecule has 3 unspecified atom stereocenters. The number of nitrogens with zero attached hydrogens (tertiary/aromatic N) is 1. The molecule has 0 amide bonds. The number of hydrogen-bond donors (Lipinski definition) is 1. The minimum atomic E-state index is -0.642. The molecule has 0 bridgehead atoms. The molecule has 372 valence electrons. The fraction of sp³-hybridized carbons (Fsp3) is 0.923. The van der Waals surface area contributed by atoms with Gasteiger partial charge < -0.3 is 33.7 Å². The number of aliphatic hydroxyl groups excluding tert-OH is 1. The van der Waals surface area contributed by atoms with Crippen LogP contribution in [0.15, 0.2) is 0 Å². The zero-order chi connectivity index (χ0) is 46.4. The molecule has 63 heavy (non-hydrogen) atoms. The van der Waals surface area contributed by atoms with Crippen LogP contribution < -0.4 is 0 Å². The molecule has 0 aromatic heterocycles. The molecule has 11 nitrogen and oxygen atoms in total. The fourth-order valence-electron chi connectivity index (χ4n) is 7.87. The van der Waals surface area contributed by atoms with E-state index in [2.05, 4.69) is 27.7 Å². The first-order chi connectivity index (χ1) is 30.7. The average molecular weight is 898 g/mol. The van der Waals surface area contributed by atoms with Crippen molar-refractivity contribution < 1.29 is 48.0 Å². The Morgan fingerprint density at radius 1 is 0.460 bits per heavy atom. The molecule has 0 saturated carbocycles. The predicted octanol–water partition coefficient (Wildman–Crippen LogP) is 12.3. The number of aliphatic hydroxyl groups is 1. The Morgan fingerprint density at radius 2 is 0.857 bits per heavy atom. The molecule has 0 heterocycles. The summed E-state index contributed by atoms with van der Waals surface area (Å²) >= 11 is 0. The molecule has 0 aliphatic rings. The first kappa shape index (κ1) is 60.8. The van der Waals surface area contributed by atoms with Gasteiger partial charge in [0.1, 0.15) is 12.7 Å². The molecule has 0 aliphatic carbocycles. The van der Waals surface area contributed by atoms with Gasteiger partial charge in [-0.1, -0.05) is 156 Å². The lowest BCUT2D eigenvalue weighted by Crippen LogP contribution is -2.38. The smallest absolute Gasteiger partial charge is 0.308 e. The van der Waals surface area contributed by atoms with Crippen molar-refractivity contribution in [3.63, 3.8) is 0 Å². The van der Waals surface area contributed by atoms with Crippen molar-refractivity contribution in [1.82, 2.24) is 4.90 Å². The standard InChI is InChI=1S/C52H99NO10/c1-6-10-14-18-20-26-34-46(32-24-16-12-8-3)51(57)60-40-30-22-28-36-49(55)62-45-48(44-53(5)38-42-59-43-39-54)63-50(56)37-29-23-31-41-61-52(58)47(33-25-17-13-9-4)35-27-21-19-15-11-7-2/h46-48,54H,6-45H2,1-5H3. The molecule has 0 rings (SSSR count). The highest BCUT2D eigenvalue weighted by molar-refractivity contribution is 5.73. The molecule has 11 heteroatoms. The van der Waals surface area contributed by atoms with Gasteiger partial charge in [0, 0.05) is 25.9 Å². The minimum Gasteiger partial charge on any atom is -0.465 e. The Hall–Kier alpha value is -2.24. The number of ether oxygens (including phenoxy) is 5. The lowest BCUT2D eigenvalue weighted by Gasteiger charge is -2.24. The number of carbonyl (C=O) groups excluding carboxylic acids is 4. The second-order valence-electron chi connectivity index (χ2n) is 18.1. The maximum absolute atomic E-state index is 13.0. The lowest BCUT2D eigenvalue weighted by atomic mass is 9.94. The summed E-state index contributed by atoms with van der Waals surface area (Å²) in [6, 6.07) is 0. The first-order valence-electron chi connectivity index (χ1n) is 26.3. The van der Waals surface area contributed by atoms with Crippen LogP contribution in [-0.4, -0.2) is 99.8 Å². The van der Waals surface area contributed by atoms with Crippen molar-refractivity contribution in [2.75, 3.05) is 59.8 Å². The van der Waals surface area contributed by atoms with Gasteiger partial charge in [0.2, 0.25) is 0 Å². The van der Waals surface area contributed by atoms with Gasteiger partial charge in [0.05, 0.1) is 44.9 Å². The van der Waals surface area contributed by atoms with Crippen LogP contribution in [0.4, 0.5) is 0 Å². The Labute approximate surface area is 386 Å². The summed E-state index contributed by atoms with van der Waals surface area (Å²) in [6.07, 6.45) is 31.3. The van der Waals surface area contributed by atoms with Crippen LogP contribution in [0.1, 0.15) is 233 Å². The van der Waals surface area contributed by atoms with Crippen LogP contribution >= 0.6 is 0 Å². The number of carbonyl (C=O) groups is 4. The highest BCUT2D eigenvalue weighted by atomic mass is 16.6. The van der Waals surface area contributed by atoms with E-state index in [9.17, 15) is 19.2 Å². The largest absolute Gasteiger partial charge is 0.465 e. The van der Waals surface area contributed by atoms with E-state index >= 15 is 0 Å². The summed E-state index contributed by atoms with van der Waals surface area (Å²) in [7, 11) is 1.88. The van der Waals surface area contributed by atoms with E-state index in [1.54, 1.807) is 0 Å². The van der Waals surface area contributed by atoms with Crippen molar-refractivity contribution in [2.45, 2.75) is 239 Å². The van der Waals surface area contributed by atoms with Gasteiger partial charge in [-0.3, -0.25) is 19.2 Å². The van der Waals surface area contributed by atoms with Gasteiger partial charge in [-0.2, -0.15) is 0 Å². The lowest BCUT2D eigenvalue weighted by molar-refractivity contribution is -0.160. The van der Waals surface area contributed by atoms with Gasteiger partial charge in [-0.25, -0.2) is 0 Å². The van der Waals surface area contributed by atoms with Gasteiger partial charge in [-0.05, 0) is 71.3 Å². The van der Waals surface area contributed by atoms with E-state index in [4.69, 9.17) is 28.8 Å². The Morgan fingerprint density at radius 3 is 1.30 bits per heavy atom. The second kappa shape index (κ2) is 46.3. The summed E-state index contributed by atoms with van der Waals surface area (Å²) in [6.45, 7) is 11.1. The molecule has 3 atom stereocenters. The Balaban J connectivity index is 4.75. The Bertz CT molecular complexity index is 1060. The zero-order valence-corrected chi connectivity index (χ0v) is 41.6. The van der Waals surface area contributed by atoms with E-state index in [0.29, 0.717) is 58.6 Å². The second-order valence-corrected chi connectivity index (χ2v) is 18.1. The summed E-state index contributed by atoms with van der Waals surface area (Å²) in [5.74, 6) is -0.880. The number of rotatable bonds is 48. The number of esters is 4. The Kier molecular flexibility index (Phi) is 44.6. The van der Waals surface area contributed by atoms with E-state index in [1.807, 2.05) is 11.9 Å². The molecule has 0 fully saturated rings. The summed E-state index contributed by atoms with van der Waals surface area (Å²) in [4.78, 5) is 53.6. The number of likely N-dealkylation sites (N-methyl/N-ethyl adjacent to an activating group) is 1. The SMILES string of the molecule is CCCCCCCCC(CCCCCC)C(=O)OCCCCCC(=O)OCC(CN(C)CCOCCO)OC(=O)CCCCCOC(=O)C(CCCCCC)CCCCCCCC. The third-order valence-electron chi connectivity index (χ3n) is 11.9. The molecule has 0 aliphatic heterocycles. The minimum absolute atomic E-state index is 0.0177. The third kappa shape index (κ3) is 39.8. The quantitative estimate of drug-likeness (QED) is 0.0355. The van der Waals surface area contributed by atoms with Crippen LogP contribution in [0, 0.1) is 11.8 Å². The molecule has 0 radical (unpaired) electrons. The summed E-state index contributed by atoms with van der Waals surface area (Å²) < 4.78 is 28.2. The van der Waals surface area contributed by atoms with Gasteiger partial charge >= 0.3 is 23.9 Å². The van der Waals surface area contributed by atoms with Crippen LogP contribution in [0.2, 0.25) is 0 Å². The van der Waals surface area contributed by atoms with Crippen LogP contribution in [-0.2, 0) is 42.9 Å². The first-order valence-corrected chi connectivity index (χ1v) is 26.3. The molecule has 0 spiro atoms. The highest BCUT2D eigenvalue weighted by Gasteiger charge is 2.22. The van der Waals surface area contributed by atoms with Crippen LogP contribution in [0.5, 0.6) is 0 Å². The normalized spacial score (nSPS) is 12.9. The van der Waals surface area contributed by atoms with Crippen molar-refractivity contribution in [1.29, 1.82) is 0 Å². The molecule has 0 aromatic carbocycles. The molecule has 1 N–H and O–H groups in total. The predicted molar refractivity (Wildman–Crippen MR) is 256 cm³/mol. The summed E-state index contributed by atoms with van der Waals surface area (Å²) in [5, 5.41) is 9.01. The topological polar surface area (TPSA) is 138 Å². The molecule has 0 aromatic rings. The van der Waals surface area contributed by atoms with E-state index in [0.717, 1.165) is 77.0 Å². The maximum atomic E-state index is 13.0. The van der Waals surface area contributed by atoms with Crippen molar-refractivity contribution in [2.24, 2.45) is 11.8 Å². The molecular formula is C52H99NO10. The van der Waals surface area contributed by atoms with E-state index < -0.39 is 6.10 Å². The van der Waals surface area contributed by atoms with Crippen LogP contribution in [0.25, 0.3) is 0 Å². The third-order valence-corrected chi connectivity index (χ3v) is 11.9.